The molecule has 0 spiro atoms. The van der Waals surface area contributed by atoms with Crippen molar-refractivity contribution in [1.29, 1.82) is 0 Å². The molecule has 0 heterocycles. The fourth-order valence-electron chi connectivity index (χ4n) is 4.16. The second-order valence-electron chi connectivity index (χ2n) is 8.82. The zero-order chi connectivity index (χ0) is 21.7. The van der Waals surface area contributed by atoms with Crippen LogP contribution in [-0.4, -0.2) is 63.7 Å². The number of esters is 1. The molecule has 0 radical (unpaired) electrons. The predicted molar refractivity (Wildman–Crippen MR) is 120 cm³/mol. The molecule has 1 unspecified atom stereocenters. The van der Waals surface area contributed by atoms with Gasteiger partial charge in [-0.3, -0.25) is 9.28 Å². The Balaban J connectivity index is 1.99. The van der Waals surface area contributed by atoms with Crippen molar-refractivity contribution in [3.63, 3.8) is 0 Å². The molecular formula is C25H42NO4+. The van der Waals surface area contributed by atoms with Crippen molar-refractivity contribution in [2.24, 2.45) is 5.92 Å². The van der Waals surface area contributed by atoms with Gasteiger partial charge in [-0.2, -0.15) is 0 Å². The van der Waals surface area contributed by atoms with Crippen LogP contribution in [0.15, 0.2) is 30.3 Å². The number of carbonyl (C=O) groups excluding carboxylic acids is 1. The fraction of sp³-hybridized carbons (Fsp3) is 0.720. The molecule has 170 valence electrons. The molecule has 1 aliphatic rings. The lowest BCUT2D eigenvalue weighted by Crippen LogP contribution is -2.50. The highest BCUT2D eigenvalue weighted by atomic mass is 16.5. The summed E-state index contributed by atoms with van der Waals surface area (Å²) in [6.07, 6.45) is 6.65. The van der Waals surface area contributed by atoms with Gasteiger partial charge in [0.1, 0.15) is 13.1 Å². The average molecular weight is 421 g/mol. The maximum Gasteiger partial charge on any atom is 0.317 e. The van der Waals surface area contributed by atoms with E-state index < -0.39 is 0 Å². The topological polar surface area (TPSA) is 44.8 Å². The molecule has 0 aliphatic heterocycles. The van der Waals surface area contributed by atoms with E-state index in [1.54, 1.807) is 0 Å². The Kier molecular flexibility index (Phi) is 11.4. The summed E-state index contributed by atoms with van der Waals surface area (Å²) in [7, 11) is 2.13. The van der Waals surface area contributed by atoms with Crippen molar-refractivity contribution in [1.82, 2.24) is 0 Å². The summed E-state index contributed by atoms with van der Waals surface area (Å²) in [6.45, 7) is 9.07. The first kappa shape index (κ1) is 24.8. The number of likely N-dealkylation sites (N-methyl/N-ethyl adjacent to an activating group) is 1. The van der Waals surface area contributed by atoms with Crippen LogP contribution in [0.25, 0.3) is 0 Å². The van der Waals surface area contributed by atoms with Gasteiger partial charge < -0.3 is 14.2 Å². The van der Waals surface area contributed by atoms with Crippen molar-refractivity contribution in [3.8, 4) is 0 Å². The van der Waals surface area contributed by atoms with Gasteiger partial charge in [-0.1, -0.05) is 57.0 Å². The van der Waals surface area contributed by atoms with Gasteiger partial charge in [0.15, 0.2) is 0 Å². The minimum absolute atomic E-state index is 0.0820. The van der Waals surface area contributed by atoms with Crippen LogP contribution in [0.5, 0.6) is 0 Å². The molecule has 0 aromatic heterocycles. The molecule has 1 saturated carbocycles. The molecule has 0 amide bonds. The second kappa shape index (κ2) is 13.8. The molecule has 0 bridgehead atoms. The Bertz CT molecular complexity index is 574. The molecule has 2 rings (SSSR count). The van der Waals surface area contributed by atoms with Crippen LogP contribution < -0.4 is 0 Å². The highest BCUT2D eigenvalue weighted by Gasteiger charge is 2.34. The smallest absolute Gasteiger partial charge is 0.317 e. The van der Waals surface area contributed by atoms with Gasteiger partial charge >= 0.3 is 5.97 Å². The standard InChI is InChI=1S/C25H42NO4/c1-4-17-28-19-15-26(3,16-20-29-18-5-2)21-30-25(27)24(23-13-9-10-14-23)22-11-7-6-8-12-22/h6-8,11-12,23-24H,4-5,9-10,13-21H2,1-3H3/q+1. The maximum absolute atomic E-state index is 13.2. The summed E-state index contributed by atoms with van der Waals surface area (Å²) in [5.41, 5.74) is 1.08. The van der Waals surface area contributed by atoms with E-state index in [0.29, 0.717) is 30.3 Å². The van der Waals surface area contributed by atoms with Gasteiger partial charge in [-0.15, -0.1) is 0 Å². The molecule has 1 atom stereocenters. The van der Waals surface area contributed by atoms with Crippen molar-refractivity contribution < 1.29 is 23.5 Å². The van der Waals surface area contributed by atoms with Gasteiger partial charge in [0.25, 0.3) is 0 Å². The zero-order valence-corrected chi connectivity index (χ0v) is 19.3. The summed E-state index contributed by atoms with van der Waals surface area (Å²) in [4.78, 5) is 13.2. The van der Waals surface area contributed by atoms with Crippen LogP contribution in [0.1, 0.15) is 63.9 Å². The van der Waals surface area contributed by atoms with E-state index in [4.69, 9.17) is 14.2 Å². The Morgan fingerprint density at radius 3 is 2.07 bits per heavy atom. The molecule has 30 heavy (non-hydrogen) atoms. The molecular weight excluding hydrogens is 378 g/mol. The van der Waals surface area contributed by atoms with E-state index in [1.165, 1.54) is 12.8 Å². The van der Waals surface area contributed by atoms with Gasteiger partial charge in [-0.25, -0.2) is 0 Å². The quantitative estimate of drug-likeness (QED) is 0.178. The van der Waals surface area contributed by atoms with Crippen LogP contribution in [0, 0.1) is 5.92 Å². The number of hydrogen-bond acceptors (Lipinski definition) is 4. The zero-order valence-electron chi connectivity index (χ0n) is 19.3. The van der Waals surface area contributed by atoms with Gasteiger partial charge in [0, 0.05) is 13.2 Å². The molecule has 1 aliphatic carbocycles. The Morgan fingerprint density at radius 2 is 1.53 bits per heavy atom. The van der Waals surface area contributed by atoms with Crippen LogP contribution >= 0.6 is 0 Å². The molecule has 1 fully saturated rings. The Morgan fingerprint density at radius 1 is 0.967 bits per heavy atom. The SMILES string of the molecule is CCCOCC[N+](C)(CCOCCC)COC(=O)C(c1ccccc1)C1CCCC1. The summed E-state index contributed by atoms with van der Waals surface area (Å²) in [6, 6.07) is 10.2. The van der Waals surface area contributed by atoms with Crippen LogP contribution in [-0.2, 0) is 19.0 Å². The lowest BCUT2D eigenvalue weighted by molar-refractivity contribution is -0.926. The first-order chi connectivity index (χ1) is 14.6. The van der Waals surface area contributed by atoms with E-state index >= 15 is 0 Å². The second-order valence-corrected chi connectivity index (χ2v) is 8.82. The fourth-order valence-corrected chi connectivity index (χ4v) is 4.16. The summed E-state index contributed by atoms with van der Waals surface area (Å²) >= 11 is 0. The van der Waals surface area contributed by atoms with E-state index in [9.17, 15) is 4.79 Å². The third-order valence-corrected chi connectivity index (χ3v) is 6.05. The Hall–Kier alpha value is -1.43. The first-order valence-electron chi connectivity index (χ1n) is 11.8. The number of ether oxygens (including phenoxy) is 3. The minimum Gasteiger partial charge on any atom is -0.415 e. The highest BCUT2D eigenvalue weighted by Crippen LogP contribution is 2.38. The van der Waals surface area contributed by atoms with Gasteiger partial charge in [0.05, 0.1) is 26.2 Å². The number of quaternary nitrogens is 1. The number of rotatable bonds is 15. The molecule has 0 N–H and O–H groups in total. The lowest BCUT2D eigenvalue weighted by Gasteiger charge is -2.34. The van der Waals surface area contributed by atoms with Gasteiger partial charge in [0.2, 0.25) is 6.73 Å². The van der Waals surface area contributed by atoms with Crippen molar-refractivity contribution in [3.05, 3.63) is 35.9 Å². The highest BCUT2D eigenvalue weighted by molar-refractivity contribution is 5.78. The number of benzene rings is 1. The van der Waals surface area contributed by atoms with Crippen LogP contribution in [0.4, 0.5) is 0 Å². The molecule has 5 nitrogen and oxygen atoms in total. The first-order valence-corrected chi connectivity index (χ1v) is 11.8. The third kappa shape index (κ3) is 8.37. The van der Waals surface area contributed by atoms with Crippen molar-refractivity contribution in [2.45, 2.75) is 58.3 Å². The Labute approximate surface area is 183 Å². The van der Waals surface area contributed by atoms with Crippen LogP contribution in [0.3, 0.4) is 0 Å². The van der Waals surface area contributed by atoms with Crippen LogP contribution in [0.2, 0.25) is 0 Å². The number of nitrogens with zero attached hydrogens (tertiary/aromatic N) is 1. The van der Waals surface area contributed by atoms with Gasteiger partial charge in [-0.05, 0) is 37.2 Å². The third-order valence-electron chi connectivity index (χ3n) is 6.05. The molecule has 1 aromatic carbocycles. The number of carbonyl (C=O) groups is 1. The number of hydrogen-bond donors (Lipinski definition) is 0. The lowest BCUT2D eigenvalue weighted by atomic mass is 9.85. The summed E-state index contributed by atoms with van der Waals surface area (Å²) in [5, 5.41) is 0. The maximum atomic E-state index is 13.2. The molecule has 1 aromatic rings. The van der Waals surface area contributed by atoms with E-state index in [0.717, 1.165) is 57.6 Å². The molecule has 0 saturated heterocycles. The largest absolute Gasteiger partial charge is 0.415 e. The van der Waals surface area contributed by atoms with E-state index in [-0.39, 0.29) is 11.9 Å². The monoisotopic (exact) mass is 420 g/mol. The predicted octanol–water partition coefficient (Wildman–Crippen LogP) is 4.76. The minimum atomic E-state index is -0.158. The van der Waals surface area contributed by atoms with Crippen molar-refractivity contribution >= 4 is 5.97 Å². The summed E-state index contributed by atoms with van der Waals surface area (Å²) in [5.74, 6) is 0.149. The van der Waals surface area contributed by atoms with E-state index in [1.807, 2.05) is 18.2 Å². The van der Waals surface area contributed by atoms with Crippen molar-refractivity contribution in [2.75, 3.05) is 53.3 Å². The summed E-state index contributed by atoms with van der Waals surface area (Å²) < 4.78 is 18.0. The molecule has 5 heteroatoms. The average Bonchev–Trinajstić information content (AvgIpc) is 3.28. The normalized spacial score (nSPS) is 16.0. The van der Waals surface area contributed by atoms with E-state index in [2.05, 4.69) is 33.0 Å².